The molecular weight excluding hydrogens is 377 g/mol. The van der Waals surface area contributed by atoms with E-state index in [4.69, 9.17) is 0 Å². The fourth-order valence-corrected chi connectivity index (χ4v) is 6.42. The number of rotatable bonds is 4. The van der Waals surface area contributed by atoms with E-state index in [1.807, 2.05) is 4.90 Å². The van der Waals surface area contributed by atoms with Crippen molar-refractivity contribution in [2.75, 3.05) is 18.4 Å². The van der Waals surface area contributed by atoms with Gasteiger partial charge in [-0.25, -0.2) is 9.18 Å². The number of amides is 2. The SMILES string of the molecule is O=C(Nc1ccncc1)N1CCC(C2(S(=O)c3cccc(F)c3)CCC2)CC1. The number of anilines is 1. The van der Waals surface area contributed by atoms with E-state index in [-0.39, 0.29) is 22.5 Å². The zero-order valence-electron chi connectivity index (χ0n) is 15.6. The number of benzene rings is 1. The molecule has 148 valence electrons. The monoisotopic (exact) mass is 401 g/mol. The smallest absolute Gasteiger partial charge is 0.321 e. The van der Waals surface area contributed by atoms with Gasteiger partial charge < -0.3 is 10.2 Å². The topological polar surface area (TPSA) is 62.3 Å². The second kappa shape index (κ2) is 7.99. The summed E-state index contributed by atoms with van der Waals surface area (Å²) in [6, 6.07) is 9.57. The van der Waals surface area contributed by atoms with Crippen molar-refractivity contribution in [3.05, 3.63) is 54.6 Å². The number of hydrogen-bond acceptors (Lipinski definition) is 3. The number of likely N-dealkylation sites (tertiary alicyclic amines) is 1. The summed E-state index contributed by atoms with van der Waals surface area (Å²) >= 11 is 0. The average molecular weight is 402 g/mol. The number of aromatic nitrogens is 1. The molecule has 1 saturated heterocycles. The molecule has 1 atom stereocenters. The molecule has 1 aromatic carbocycles. The fraction of sp³-hybridized carbons (Fsp3) is 0.429. The van der Waals surface area contributed by atoms with E-state index >= 15 is 0 Å². The summed E-state index contributed by atoms with van der Waals surface area (Å²) in [5.41, 5.74) is 0.727. The van der Waals surface area contributed by atoms with Gasteiger partial charge in [-0.2, -0.15) is 0 Å². The van der Waals surface area contributed by atoms with Crippen LogP contribution in [0.4, 0.5) is 14.9 Å². The van der Waals surface area contributed by atoms with Crippen LogP contribution >= 0.6 is 0 Å². The van der Waals surface area contributed by atoms with Gasteiger partial charge in [0, 0.05) is 36.1 Å². The number of nitrogens with zero attached hydrogens (tertiary/aromatic N) is 2. The van der Waals surface area contributed by atoms with Crippen LogP contribution in [0.25, 0.3) is 0 Å². The molecule has 2 heterocycles. The van der Waals surface area contributed by atoms with Gasteiger partial charge in [-0.05, 0) is 61.9 Å². The van der Waals surface area contributed by atoms with E-state index in [0.717, 1.165) is 37.8 Å². The predicted octanol–water partition coefficient (Wildman–Crippen LogP) is 4.20. The van der Waals surface area contributed by atoms with Crippen molar-refractivity contribution in [2.45, 2.75) is 41.7 Å². The van der Waals surface area contributed by atoms with Crippen LogP contribution in [-0.4, -0.2) is 38.0 Å². The Morgan fingerprint density at radius 1 is 1.18 bits per heavy atom. The van der Waals surface area contributed by atoms with Crippen LogP contribution in [-0.2, 0) is 10.8 Å². The standard InChI is InChI=1S/C21H24FN3O2S/c22-17-3-1-4-19(15-17)28(27)21(9-2-10-21)16-7-13-25(14-8-16)20(26)24-18-5-11-23-12-6-18/h1,3-6,11-12,15-16H,2,7-10,13-14H2,(H,23,24,26). The lowest BCUT2D eigenvalue weighted by Crippen LogP contribution is -2.53. The summed E-state index contributed by atoms with van der Waals surface area (Å²) in [7, 11) is -1.23. The molecule has 0 spiro atoms. The number of carbonyl (C=O) groups is 1. The van der Waals surface area contributed by atoms with Crippen molar-refractivity contribution in [3.63, 3.8) is 0 Å². The van der Waals surface area contributed by atoms with Gasteiger partial charge in [0.25, 0.3) is 0 Å². The minimum Gasteiger partial charge on any atom is -0.325 e. The number of hydrogen-bond donors (Lipinski definition) is 1. The first-order valence-corrected chi connectivity index (χ1v) is 10.9. The molecule has 7 heteroatoms. The van der Waals surface area contributed by atoms with Gasteiger partial charge in [0.2, 0.25) is 0 Å². The van der Waals surface area contributed by atoms with Crippen LogP contribution in [0, 0.1) is 11.7 Å². The lowest BCUT2D eigenvalue weighted by molar-refractivity contribution is 0.139. The molecule has 5 nitrogen and oxygen atoms in total. The van der Waals surface area contributed by atoms with E-state index in [1.54, 1.807) is 36.7 Å². The Balaban J connectivity index is 1.40. The maximum atomic E-state index is 13.6. The molecule has 0 bridgehead atoms. The van der Waals surface area contributed by atoms with Crippen LogP contribution in [0.5, 0.6) is 0 Å². The van der Waals surface area contributed by atoms with Gasteiger partial charge in [-0.15, -0.1) is 0 Å². The first-order valence-electron chi connectivity index (χ1n) is 9.72. The van der Waals surface area contributed by atoms with Gasteiger partial charge in [0.1, 0.15) is 5.82 Å². The molecule has 28 heavy (non-hydrogen) atoms. The molecule has 1 aliphatic carbocycles. The number of halogens is 1. The van der Waals surface area contributed by atoms with Crippen molar-refractivity contribution >= 4 is 22.5 Å². The third-order valence-corrected chi connectivity index (χ3v) is 8.20. The molecule has 0 radical (unpaired) electrons. The van der Waals surface area contributed by atoms with Crippen LogP contribution < -0.4 is 5.32 Å². The molecule has 4 rings (SSSR count). The number of urea groups is 1. The van der Waals surface area contributed by atoms with E-state index in [0.29, 0.717) is 18.0 Å². The minimum atomic E-state index is -1.23. The minimum absolute atomic E-state index is 0.112. The summed E-state index contributed by atoms with van der Waals surface area (Å²) in [5, 5.41) is 2.89. The average Bonchev–Trinajstić information content (AvgIpc) is 2.68. The first kappa shape index (κ1) is 19.1. The Bertz CT molecular complexity index is 865. The molecule has 2 aromatic rings. The second-order valence-electron chi connectivity index (χ2n) is 7.57. The summed E-state index contributed by atoms with van der Waals surface area (Å²) in [4.78, 5) is 18.8. The van der Waals surface area contributed by atoms with Gasteiger partial charge >= 0.3 is 6.03 Å². The highest BCUT2D eigenvalue weighted by molar-refractivity contribution is 7.86. The Morgan fingerprint density at radius 2 is 1.89 bits per heavy atom. The van der Waals surface area contributed by atoms with Crippen molar-refractivity contribution in [2.24, 2.45) is 5.92 Å². The number of piperidine rings is 1. The lowest BCUT2D eigenvalue weighted by Gasteiger charge is -2.49. The fourth-order valence-electron chi connectivity index (χ4n) is 4.33. The van der Waals surface area contributed by atoms with Gasteiger partial charge in [0.15, 0.2) is 0 Å². The van der Waals surface area contributed by atoms with Crippen LogP contribution in [0.15, 0.2) is 53.7 Å². The van der Waals surface area contributed by atoms with Gasteiger partial charge in [-0.1, -0.05) is 12.5 Å². The summed E-state index contributed by atoms with van der Waals surface area (Å²) in [6.07, 6.45) is 7.81. The van der Waals surface area contributed by atoms with E-state index in [2.05, 4.69) is 10.3 Å². The zero-order chi connectivity index (χ0) is 19.6. The Labute approximate surface area is 166 Å². The van der Waals surface area contributed by atoms with Crippen LogP contribution in [0.1, 0.15) is 32.1 Å². The Morgan fingerprint density at radius 3 is 2.50 bits per heavy atom. The van der Waals surface area contributed by atoms with Crippen molar-refractivity contribution in [1.82, 2.24) is 9.88 Å². The third kappa shape index (κ3) is 3.68. The maximum Gasteiger partial charge on any atom is 0.321 e. The quantitative estimate of drug-likeness (QED) is 0.835. The molecule has 1 aromatic heterocycles. The highest BCUT2D eigenvalue weighted by Crippen LogP contribution is 2.49. The highest BCUT2D eigenvalue weighted by Gasteiger charge is 2.50. The van der Waals surface area contributed by atoms with Crippen molar-refractivity contribution < 1.29 is 13.4 Å². The van der Waals surface area contributed by atoms with Crippen LogP contribution in [0.2, 0.25) is 0 Å². The molecule has 1 unspecified atom stereocenters. The number of nitrogens with one attached hydrogen (secondary N) is 1. The largest absolute Gasteiger partial charge is 0.325 e. The molecule has 1 N–H and O–H groups in total. The molecule has 1 aliphatic heterocycles. The summed E-state index contributed by atoms with van der Waals surface area (Å²) in [6.45, 7) is 1.29. The van der Waals surface area contributed by atoms with Gasteiger partial charge in [-0.3, -0.25) is 9.19 Å². The third-order valence-electron chi connectivity index (χ3n) is 6.04. The second-order valence-corrected chi connectivity index (χ2v) is 9.39. The van der Waals surface area contributed by atoms with Crippen molar-refractivity contribution in [1.29, 1.82) is 0 Å². The van der Waals surface area contributed by atoms with E-state index < -0.39 is 10.8 Å². The number of carbonyl (C=O) groups excluding carboxylic acids is 1. The summed E-state index contributed by atoms with van der Waals surface area (Å²) in [5.74, 6) is -0.0572. The molecular formula is C21H24FN3O2S. The Kier molecular flexibility index (Phi) is 5.44. The maximum absolute atomic E-state index is 13.6. The molecule has 2 aliphatic rings. The normalized spacial score (nSPS) is 20.2. The molecule has 2 amide bonds. The molecule has 2 fully saturated rings. The van der Waals surface area contributed by atoms with E-state index in [1.165, 1.54) is 12.1 Å². The van der Waals surface area contributed by atoms with Crippen LogP contribution in [0.3, 0.4) is 0 Å². The first-order chi connectivity index (χ1) is 13.6. The van der Waals surface area contributed by atoms with Crippen molar-refractivity contribution in [3.8, 4) is 0 Å². The highest BCUT2D eigenvalue weighted by atomic mass is 32.2. The molecule has 1 saturated carbocycles. The number of pyridine rings is 1. The van der Waals surface area contributed by atoms with E-state index in [9.17, 15) is 13.4 Å². The zero-order valence-corrected chi connectivity index (χ0v) is 16.5. The predicted molar refractivity (Wildman–Crippen MR) is 107 cm³/mol. The summed E-state index contributed by atoms with van der Waals surface area (Å²) < 4.78 is 26.6. The lowest BCUT2D eigenvalue weighted by atomic mass is 9.71. The Hall–Kier alpha value is -2.28. The van der Waals surface area contributed by atoms with Gasteiger partial charge in [0.05, 0.1) is 15.5 Å².